The molecule has 0 heterocycles. The Kier molecular flexibility index (Phi) is 7.15. The molecule has 1 fully saturated rings. The van der Waals surface area contributed by atoms with Crippen LogP contribution in [-0.4, -0.2) is 42.8 Å². The van der Waals surface area contributed by atoms with Crippen molar-refractivity contribution in [3.8, 4) is 11.1 Å². The lowest BCUT2D eigenvalue weighted by atomic mass is 9.84. The van der Waals surface area contributed by atoms with Crippen molar-refractivity contribution in [3.05, 3.63) is 59.7 Å². The number of rotatable bonds is 9. The molecular formula is C28H34N2O5. The van der Waals surface area contributed by atoms with Gasteiger partial charge in [0.1, 0.15) is 6.61 Å². The van der Waals surface area contributed by atoms with Gasteiger partial charge in [0.05, 0.1) is 11.8 Å². The van der Waals surface area contributed by atoms with Crippen molar-refractivity contribution < 1.29 is 24.2 Å². The Hall–Kier alpha value is -3.35. The monoisotopic (exact) mass is 478 g/mol. The fourth-order valence-corrected chi connectivity index (χ4v) is 5.00. The topological polar surface area (TPSA) is 105 Å². The maximum Gasteiger partial charge on any atom is 0.407 e. The first kappa shape index (κ1) is 24.8. The molecule has 0 saturated heterocycles. The van der Waals surface area contributed by atoms with Crippen molar-refractivity contribution in [3.63, 3.8) is 0 Å². The summed E-state index contributed by atoms with van der Waals surface area (Å²) in [5.74, 6) is -1.82. The van der Waals surface area contributed by atoms with E-state index in [2.05, 4.69) is 34.9 Å². The average Bonchev–Trinajstić information content (AvgIpc) is 3.54. The molecule has 0 radical (unpaired) electrons. The summed E-state index contributed by atoms with van der Waals surface area (Å²) in [6, 6.07) is 16.3. The first-order chi connectivity index (χ1) is 16.6. The predicted molar refractivity (Wildman–Crippen MR) is 133 cm³/mol. The number of carboxylic acid groups (broad SMARTS) is 1. The number of ether oxygens (including phenoxy) is 1. The molecule has 3 atom stereocenters. The summed E-state index contributed by atoms with van der Waals surface area (Å²) in [6.07, 6.45) is 0.624. The minimum atomic E-state index is -0.813. The van der Waals surface area contributed by atoms with Crippen molar-refractivity contribution in [1.29, 1.82) is 0 Å². The van der Waals surface area contributed by atoms with Crippen molar-refractivity contribution >= 4 is 18.0 Å². The van der Waals surface area contributed by atoms with Gasteiger partial charge in [-0.2, -0.15) is 0 Å². The van der Waals surface area contributed by atoms with Crippen molar-refractivity contribution in [2.24, 2.45) is 23.2 Å². The van der Waals surface area contributed by atoms with E-state index in [-0.39, 0.29) is 42.2 Å². The summed E-state index contributed by atoms with van der Waals surface area (Å²) < 4.78 is 5.60. The van der Waals surface area contributed by atoms with Gasteiger partial charge in [-0.1, -0.05) is 69.3 Å². The summed E-state index contributed by atoms with van der Waals surface area (Å²) in [5.41, 5.74) is 4.51. The molecule has 0 aromatic heterocycles. The number of amides is 2. The Balaban J connectivity index is 1.31. The first-order valence-corrected chi connectivity index (χ1v) is 12.2. The van der Waals surface area contributed by atoms with Crippen LogP contribution in [-0.2, 0) is 14.3 Å². The van der Waals surface area contributed by atoms with Gasteiger partial charge >= 0.3 is 12.1 Å². The zero-order chi connectivity index (χ0) is 25.2. The van der Waals surface area contributed by atoms with Crippen molar-refractivity contribution in [1.82, 2.24) is 10.6 Å². The SMILES string of the molecule is CC(C)(C)CC(CNC(=O)OCC1c2ccccc2-c2ccccc21)C(=O)NC[C@H]1C[C@H]1C(=O)O. The van der Waals surface area contributed by atoms with E-state index in [0.29, 0.717) is 19.4 Å². The summed E-state index contributed by atoms with van der Waals surface area (Å²) >= 11 is 0. The third-order valence-corrected chi connectivity index (χ3v) is 6.84. The largest absolute Gasteiger partial charge is 0.481 e. The standard InChI is InChI=1S/C28H34N2O5/c1-28(2,3)13-18(25(31)29-14-17-12-23(17)26(32)33)15-30-27(34)35-16-24-21-10-6-4-8-19(21)20-9-5-7-11-22(20)24/h4-11,17-18,23-24H,12-16H2,1-3H3,(H,29,31)(H,30,34)(H,32,33)/t17-,18?,23-/m1/s1. The molecule has 2 aliphatic rings. The van der Waals surface area contributed by atoms with E-state index in [1.165, 1.54) is 11.1 Å². The highest BCUT2D eigenvalue weighted by molar-refractivity contribution is 5.81. The van der Waals surface area contributed by atoms with Gasteiger partial charge in [-0.25, -0.2) is 4.79 Å². The number of carbonyl (C=O) groups excluding carboxylic acids is 2. The minimum Gasteiger partial charge on any atom is -0.481 e. The van der Waals surface area contributed by atoms with Crippen LogP contribution in [0.5, 0.6) is 0 Å². The molecule has 2 amide bonds. The summed E-state index contributed by atoms with van der Waals surface area (Å²) in [5, 5.41) is 14.7. The van der Waals surface area contributed by atoms with Crippen LogP contribution in [0.3, 0.4) is 0 Å². The summed E-state index contributed by atoms with van der Waals surface area (Å²) in [6.45, 7) is 6.86. The second-order valence-electron chi connectivity index (χ2n) is 10.9. The number of hydrogen-bond acceptors (Lipinski definition) is 4. The minimum absolute atomic E-state index is 0.0122. The number of aliphatic carboxylic acids is 1. The number of hydrogen-bond donors (Lipinski definition) is 3. The van der Waals surface area contributed by atoms with Gasteiger partial charge in [0.25, 0.3) is 0 Å². The molecule has 4 rings (SSSR count). The molecule has 3 N–H and O–H groups in total. The zero-order valence-corrected chi connectivity index (χ0v) is 20.5. The van der Waals surface area contributed by atoms with Crippen LogP contribution in [0.25, 0.3) is 11.1 Å². The lowest BCUT2D eigenvalue weighted by molar-refractivity contribution is -0.139. The summed E-state index contributed by atoms with van der Waals surface area (Å²) in [7, 11) is 0. The van der Waals surface area contributed by atoms with E-state index in [9.17, 15) is 14.4 Å². The van der Waals surface area contributed by atoms with E-state index in [1.807, 2.05) is 45.0 Å². The fraction of sp³-hybridized carbons (Fsp3) is 0.464. The van der Waals surface area contributed by atoms with Crippen LogP contribution in [0, 0.1) is 23.2 Å². The Morgan fingerprint density at radius 1 is 1.00 bits per heavy atom. The van der Waals surface area contributed by atoms with Gasteiger partial charge in [0.15, 0.2) is 0 Å². The third-order valence-electron chi connectivity index (χ3n) is 6.84. The van der Waals surface area contributed by atoms with Crippen LogP contribution in [0.15, 0.2) is 48.5 Å². The summed E-state index contributed by atoms with van der Waals surface area (Å²) in [4.78, 5) is 36.4. The van der Waals surface area contributed by atoms with Crippen LogP contribution in [0.1, 0.15) is 50.7 Å². The van der Waals surface area contributed by atoms with Gasteiger partial charge in [0.2, 0.25) is 5.91 Å². The smallest absolute Gasteiger partial charge is 0.407 e. The van der Waals surface area contributed by atoms with Gasteiger partial charge in [-0.3, -0.25) is 9.59 Å². The molecule has 7 nitrogen and oxygen atoms in total. The fourth-order valence-electron chi connectivity index (χ4n) is 5.00. The third kappa shape index (κ3) is 6.02. The van der Waals surface area contributed by atoms with E-state index < -0.39 is 18.0 Å². The van der Waals surface area contributed by atoms with Crippen molar-refractivity contribution in [2.45, 2.75) is 39.5 Å². The number of alkyl carbamates (subject to hydrolysis) is 1. The molecule has 2 aromatic carbocycles. The zero-order valence-electron chi connectivity index (χ0n) is 20.5. The number of benzene rings is 2. The van der Waals surface area contributed by atoms with Crippen molar-refractivity contribution in [2.75, 3.05) is 19.7 Å². The lowest BCUT2D eigenvalue weighted by Gasteiger charge is -2.25. The number of nitrogens with one attached hydrogen (secondary N) is 2. The van der Waals surface area contributed by atoms with Crippen LogP contribution >= 0.6 is 0 Å². The predicted octanol–water partition coefficient (Wildman–Crippen LogP) is 4.41. The van der Waals surface area contributed by atoms with Gasteiger partial charge in [-0.05, 0) is 46.4 Å². The Morgan fingerprint density at radius 2 is 1.60 bits per heavy atom. The maximum atomic E-state index is 12.8. The van der Waals surface area contributed by atoms with E-state index in [1.54, 1.807) is 0 Å². The van der Waals surface area contributed by atoms with E-state index in [0.717, 1.165) is 11.1 Å². The average molecular weight is 479 g/mol. The molecule has 0 bridgehead atoms. The molecule has 1 unspecified atom stereocenters. The molecule has 35 heavy (non-hydrogen) atoms. The molecule has 186 valence electrons. The van der Waals surface area contributed by atoms with Crippen LogP contribution < -0.4 is 10.6 Å². The molecule has 2 aromatic rings. The second kappa shape index (κ2) is 10.1. The Bertz CT molecular complexity index is 1060. The van der Waals surface area contributed by atoms with E-state index >= 15 is 0 Å². The number of carboxylic acids is 1. The van der Waals surface area contributed by atoms with Gasteiger partial charge in [-0.15, -0.1) is 0 Å². The highest BCUT2D eigenvalue weighted by Gasteiger charge is 2.43. The Labute approximate surface area is 206 Å². The lowest BCUT2D eigenvalue weighted by Crippen LogP contribution is -2.41. The van der Waals surface area contributed by atoms with Gasteiger partial charge < -0.3 is 20.5 Å². The first-order valence-electron chi connectivity index (χ1n) is 12.2. The second-order valence-corrected chi connectivity index (χ2v) is 10.9. The number of carbonyl (C=O) groups is 3. The highest BCUT2D eigenvalue weighted by atomic mass is 16.5. The molecular weight excluding hydrogens is 444 g/mol. The van der Waals surface area contributed by atoms with Crippen LogP contribution in [0.4, 0.5) is 4.79 Å². The molecule has 7 heteroatoms. The molecule has 2 aliphatic carbocycles. The Morgan fingerprint density at radius 3 is 2.14 bits per heavy atom. The van der Waals surface area contributed by atoms with E-state index in [4.69, 9.17) is 9.84 Å². The molecule has 0 spiro atoms. The maximum absolute atomic E-state index is 12.8. The van der Waals surface area contributed by atoms with Gasteiger partial charge in [0, 0.05) is 19.0 Å². The quantitative estimate of drug-likeness (QED) is 0.495. The number of fused-ring (bicyclic) bond motifs is 3. The normalized spacial score (nSPS) is 19.3. The van der Waals surface area contributed by atoms with Crippen LogP contribution in [0.2, 0.25) is 0 Å². The molecule has 0 aliphatic heterocycles. The highest BCUT2D eigenvalue weighted by Crippen LogP contribution is 2.44. The molecule has 1 saturated carbocycles.